The van der Waals surface area contributed by atoms with Crippen LogP contribution in [-0.4, -0.2) is 48.2 Å². The molecule has 0 bridgehead atoms. The van der Waals surface area contributed by atoms with E-state index in [0.29, 0.717) is 12.8 Å². The zero-order chi connectivity index (χ0) is 19.5. The summed E-state index contributed by atoms with van der Waals surface area (Å²) in [6.45, 7) is 0.320. The van der Waals surface area contributed by atoms with Crippen LogP contribution in [0.2, 0.25) is 0 Å². The van der Waals surface area contributed by atoms with Crippen molar-refractivity contribution < 1.29 is 24.2 Å². The first-order valence-corrected chi connectivity index (χ1v) is 10.0. The van der Waals surface area contributed by atoms with Crippen LogP contribution in [0, 0.1) is 5.92 Å². The molecule has 1 fully saturated rings. The number of nitrogens with one attached hydrogen (secondary N) is 2. The highest BCUT2D eigenvalue weighted by atomic mass is 16.5. The Morgan fingerprint density at radius 2 is 2.00 bits per heavy atom. The number of amides is 2. The van der Waals surface area contributed by atoms with Gasteiger partial charge in [0.15, 0.2) is 0 Å². The summed E-state index contributed by atoms with van der Waals surface area (Å²) >= 11 is 0. The van der Waals surface area contributed by atoms with Crippen LogP contribution in [0.25, 0.3) is 0 Å². The topological polar surface area (TPSA) is 105 Å². The lowest BCUT2D eigenvalue weighted by molar-refractivity contribution is -0.144. The fourth-order valence-electron chi connectivity index (χ4n) is 3.69. The summed E-state index contributed by atoms with van der Waals surface area (Å²) in [5, 5.41) is 15.4. The molecule has 0 aromatic rings. The Bertz CT molecular complexity index is 540. The van der Waals surface area contributed by atoms with Crippen molar-refractivity contribution in [2.24, 2.45) is 5.92 Å². The molecular weight excluding hydrogens is 348 g/mol. The Morgan fingerprint density at radius 3 is 2.74 bits per heavy atom. The fourth-order valence-corrected chi connectivity index (χ4v) is 3.69. The van der Waals surface area contributed by atoms with Gasteiger partial charge in [0.25, 0.3) is 0 Å². The van der Waals surface area contributed by atoms with Gasteiger partial charge in [-0.25, -0.2) is 0 Å². The smallest absolute Gasteiger partial charge is 0.305 e. The van der Waals surface area contributed by atoms with Gasteiger partial charge in [0, 0.05) is 12.8 Å². The van der Waals surface area contributed by atoms with Crippen molar-refractivity contribution >= 4 is 17.8 Å². The zero-order valence-corrected chi connectivity index (χ0v) is 16.0. The average molecular weight is 380 g/mol. The normalized spacial score (nSPS) is 24.6. The van der Waals surface area contributed by atoms with Gasteiger partial charge in [-0.3, -0.25) is 14.4 Å². The molecule has 1 aliphatic carbocycles. The quantitative estimate of drug-likeness (QED) is 0.507. The Balaban J connectivity index is 1.93. The lowest BCUT2D eigenvalue weighted by Crippen LogP contribution is -2.50. The van der Waals surface area contributed by atoms with Crippen molar-refractivity contribution in [2.75, 3.05) is 19.8 Å². The van der Waals surface area contributed by atoms with Gasteiger partial charge < -0.3 is 20.5 Å². The molecule has 1 aliphatic heterocycles. The highest BCUT2D eigenvalue weighted by Gasteiger charge is 2.35. The molecule has 27 heavy (non-hydrogen) atoms. The third-order valence-electron chi connectivity index (χ3n) is 5.32. The molecule has 0 unspecified atom stereocenters. The number of carbonyl (C=O) groups excluding carboxylic acids is 3. The standard InChI is InChI=1S/C20H32N2O5/c23-15-20(10-6-7-11-20)22-17(24)14-16-8-4-2-1-3-5-9-18(25)27-13-12-21-19(16)26/h2,4,16,23H,1,3,5-15H2,(H,21,26)(H,22,24)/t16-/m1/s1. The minimum atomic E-state index is -0.529. The minimum Gasteiger partial charge on any atom is -0.464 e. The van der Waals surface area contributed by atoms with Gasteiger partial charge in [-0.1, -0.05) is 25.0 Å². The number of allylic oxidation sites excluding steroid dienone is 2. The molecule has 2 aliphatic rings. The molecule has 0 saturated heterocycles. The van der Waals surface area contributed by atoms with Gasteiger partial charge in [-0.05, 0) is 38.5 Å². The maximum atomic E-state index is 12.5. The zero-order valence-electron chi connectivity index (χ0n) is 16.0. The second kappa shape index (κ2) is 11.1. The number of hydrogen-bond acceptors (Lipinski definition) is 5. The van der Waals surface area contributed by atoms with Gasteiger partial charge in [-0.2, -0.15) is 0 Å². The molecule has 0 spiro atoms. The molecule has 2 rings (SSSR count). The molecule has 2 amide bonds. The summed E-state index contributed by atoms with van der Waals surface area (Å²) in [4.78, 5) is 36.5. The van der Waals surface area contributed by atoms with E-state index in [9.17, 15) is 19.5 Å². The second-order valence-electron chi connectivity index (χ2n) is 7.56. The van der Waals surface area contributed by atoms with Gasteiger partial charge in [0.1, 0.15) is 6.61 Å². The summed E-state index contributed by atoms with van der Waals surface area (Å²) in [7, 11) is 0. The maximum absolute atomic E-state index is 12.5. The summed E-state index contributed by atoms with van der Waals surface area (Å²) in [6.07, 6.45) is 11.0. The minimum absolute atomic E-state index is 0.0686. The monoisotopic (exact) mass is 380 g/mol. The molecule has 1 heterocycles. The summed E-state index contributed by atoms with van der Waals surface area (Å²) in [5.41, 5.74) is -0.529. The Hall–Kier alpha value is -1.89. The largest absolute Gasteiger partial charge is 0.464 e. The van der Waals surface area contributed by atoms with Crippen molar-refractivity contribution in [3.63, 3.8) is 0 Å². The van der Waals surface area contributed by atoms with Crippen LogP contribution < -0.4 is 10.6 Å². The number of hydrogen-bond donors (Lipinski definition) is 3. The van der Waals surface area contributed by atoms with E-state index < -0.39 is 11.5 Å². The van der Waals surface area contributed by atoms with Crippen LogP contribution in [-0.2, 0) is 19.1 Å². The molecule has 1 atom stereocenters. The van der Waals surface area contributed by atoms with Crippen LogP contribution in [0.3, 0.4) is 0 Å². The second-order valence-corrected chi connectivity index (χ2v) is 7.56. The number of ether oxygens (including phenoxy) is 1. The number of rotatable bonds is 4. The lowest BCUT2D eigenvalue weighted by atomic mass is 9.95. The van der Waals surface area contributed by atoms with E-state index in [1.54, 1.807) is 0 Å². The third kappa shape index (κ3) is 7.33. The highest BCUT2D eigenvalue weighted by Crippen LogP contribution is 2.29. The summed E-state index contributed by atoms with van der Waals surface area (Å²) in [6, 6.07) is 0. The van der Waals surface area contributed by atoms with Crippen LogP contribution in [0.4, 0.5) is 0 Å². The predicted molar refractivity (Wildman–Crippen MR) is 101 cm³/mol. The van der Waals surface area contributed by atoms with Crippen molar-refractivity contribution in [1.82, 2.24) is 10.6 Å². The van der Waals surface area contributed by atoms with Crippen LogP contribution >= 0.6 is 0 Å². The van der Waals surface area contributed by atoms with E-state index in [1.807, 2.05) is 12.2 Å². The van der Waals surface area contributed by atoms with E-state index in [2.05, 4.69) is 10.6 Å². The molecule has 0 aromatic heterocycles. The highest BCUT2D eigenvalue weighted by molar-refractivity contribution is 5.86. The van der Waals surface area contributed by atoms with E-state index >= 15 is 0 Å². The lowest BCUT2D eigenvalue weighted by Gasteiger charge is -2.28. The van der Waals surface area contributed by atoms with Crippen molar-refractivity contribution in [3.05, 3.63) is 12.2 Å². The van der Waals surface area contributed by atoms with Crippen LogP contribution in [0.1, 0.15) is 64.2 Å². The predicted octanol–water partition coefficient (Wildman–Crippen LogP) is 1.59. The Kier molecular flexibility index (Phi) is 8.78. The molecule has 3 N–H and O–H groups in total. The van der Waals surface area contributed by atoms with Gasteiger partial charge in [0.05, 0.1) is 24.6 Å². The van der Waals surface area contributed by atoms with E-state index in [1.165, 1.54) is 0 Å². The first kappa shape index (κ1) is 21.4. The number of carbonyl (C=O) groups is 3. The third-order valence-corrected chi connectivity index (χ3v) is 5.32. The molecule has 0 radical (unpaired) electrons. The van der Waals surface area contributed by atoms with Crippen molar-refractivity contribution in [3.8, 4) is 0 Å². The van der Waals surface area contributed by atoms with E-state index in [-0.39, 0.29) is 44.0 Å². The van der Waals surface area contributed by atoms with Crippen LogP contribution in [0.15, 0.2) is 12.2 Å². The number of aliphatic hydroxyl groups excluding tert-OH is 1. The molecule has 7 nitrogen and oxygen atoms in total. The first-order valence-electron chi connectivity index (χ1n) is 10.0. The number of cyclic esters (lactones) is 1. The maximum Gasteiger partial charge on any atom is 0.305 e. The number of esters is 1. The molecule has 0 aromatic carbocycles. The number of aliphatic hydroxyl groups is 1. The fraction of sp³-hybridized carbons (Fsp3) is 0.750. The van der Waals surface area contributed by atoms with Gasteiger partial charge >= 0.3 is 5.97 Å². The van der Waals surface area contributed by atoms with E-state index in [4.69, 9.17) is 4.74 Å². The molecule has 1 saturated carbocycles. The Labute approximate surface area is 160 Å². The summed E-state index contributed by atoms with van der Waals surface area (Å²) in [5.74, 6) is -1.14. The first-order chi connectivity index (χ1) is 13.0. The van der Waals surface area contributed by atoms with Crippen molar-refractivity contribution in [2.45, 2.75) is 69.7 Å². The molecular formula is C20H32N2O5. The Morgan fingerprint density at radius 1 is 1.22 bits per heavy atom. The van der Waals surface area contributed by atoms with Crippen LogP contribution in [0.5, 0.6) is 0 Å². The van der Waals surface area contributed by atoms with Gasteiger partial charge in [0.2, 0.25) is 11.8 Å². The summed E-state index contributed by atoms with van der Waals surface area (Å²) < 4.78 is 5.09. The molecule has 152 valence electrons. The van der Waals surface area contributed by atoms with E-state index in [0.717, 1.165) is 44.9 Å². The van der Waals surface area contributed by atoms with Gasteiger partial charge in [-0.15, -0.1) is 0 Å². The van der Waals surface area contributed by atoms with Crippen molar-refractivity contribution in [1.29, 1.82) is 0 Å². The average Bonchev–Trinajstić information content (AvgIpc) is 3.11. The molecule has 7 heteroatoms. The SMILES string of the molecule is O=C(C[C@H]1CC=CCCCCC(=O)OCCNC1=O)NC1(CO)CCCC1.